The first-order valence-electron chi connectivity index (χ1n) is 19.4. The van der Waals surface area contributed by atoms with Crippen molar-refractivity contribution in [3.8, 4) is 22.2 Å². The Bertz CT molecular complexity index is 3130. The van der Waals surface area contributed by atoms with E-state index in [1.807, 2.05) is 32.3 Å². The number of esters is 1. The summed E-state index contributed by atoms with van der Waals surface area (Å²) in [5.41, 5.74) is 5.53. The van der Waals surface area contributed by atoms with Gasteiger partial charge < -0.3 is 15.0 Å². The van der Waals surface area contributed by atoms with Crippen molar-refractivity contribution in [1.29, 1.82) is 5.26 Å². The molecule has 0 fully saturated rings. The molecule has 1 amide bonds. The number of H-pyrrole nitrogens is 1. The molecule has 7 aromatic rings. The number of fused-ring (bicyclic) bond motifs is 4. The van der Waals surface area contributed by atoms with E-state index in [4.69, 9.17) is 9.73 Å². The lowest BCUT2D eigenvalue weighted by atomic mass is 9.96. The summed E-state index contributed by atoms with van der Waals surface area (Å²) in [6, 6.07) is 19.2. The zero-order chi connectivity index (χ0) is 44.0. The average Bonchev–Trinajstić information content (AvgIpc) is 3.94. The number of nitrogens with one attached hydrogen (secondary N) is 3. The van der Waals surface area contributed by atoms with E-state index in [1.165, 1.54) is 37.6 Å². The van der Waals surface area contributed by atoms with Gasteiger partial charge in [-0.05, 0) is 79.8 Å². The van der Waals surface area contributed by atoms with Gasteiger partial charge in [-0.15, -0.1) is 21.5 Å². The number of benzene rings is 4. The van der Waals surface area contributed by atoms with Crippen LogP contribution in [0.2, 0.25) is 0 Å². The largest absolute Gasteiger partial charge is 0.469 e. The van der Waals surface area contributed by atoms with Crippen LogP contribution in [0.25, 0.3) is 27.0 Å². The summed E-state index contributed by atoms with van der Waals surface area (Å²) >= 11 is 1.56. The molecule has 0 saturated carbocycles. The molecule has 0 saturated heterocycles. The number of hydrogen-bond donors (Lipinski definition) is 3. The van der Waals surface area contributed by atoms with Crippen molar-refractivity contribution >= 4 is 55.5 Å². The standard InChI is InChI=1S/C45H38F2N8O5S2/c1-6-27-13-16-36(42-40(27)30(20-48)22-49-42)54-62(58,59)31-14-7-26(8-15-31)21-50-44(57)33-18-34(46)32(17-35(33)47)28-9-11-29(12-10-28)41-39-23(2)24(3)61-45(39)55-25(4)52-53-43(55)37(51-41)19-38(56)60-5/h7-18,22,37,49,54H,6,19,21H2,1-5H3,(H,50,57)/t37-/m0/s1. The molecule has 13 nitrogen and oxygen atoms in total. The zero-order valence-corrected chi connectivity index (χ0v) is 35.7. The van der Waals surface area contributed by atoms with Crippen LogP contribution in [0.1, 0.15) is 79.7 Å². The summed E-state index contributed by atoms with van der Waals surface area (Å²) in [6.45, 7) is 7.69. The minimum atomic E-state index is -4.05. The molecule has 1 aliphatic rings. The van der Waals surface area contributed by atoms with Gasteiger partial charge in [0.15, 0.2) is 5.82 Å². The Kier molecular flexibility index (Phi) is 11.1. The van der Waals surface area contributed by atoms with Crippen LogP contribution in [0.3, 0.4) is 0 Å². The Hall–Kier alpha value is -7.03. The summed E-state index contributed by atoms with van der Waals surface area (Å²) < 4.78 is 67.4. The second-order valence-corrected chi connectivity index (χ2v) is 17.6. The fourth-order valence-electron chi connectivity index (χ4n) is 7.57. The maximum Gasteiger partial charge on any atom is 0.308 e. The SMILES string of the molecule is CCc1ccc(NS(=O)(=O)c2ccc(CNC(=O)c3cc(F)c(-c4ccc(C5=N[C@@H](CC(=O)OC)c6nnc(C)n6-c6sc(C)c(C)c65)cc4)cc3F)cc2)c2[nH]cc(C#N)c12. The molecule has 0 radical (unpaired) electrons. The molecule has 4 aromatic carbocycles. The van der Waals surface area contributed by atoms with Gasteiger partial charge in [0, 0.05) is 39.7 Å². The quantitative estimate of drug-likeness (QED) is 0.108. The van der Waals surface area contributed by atoms with E-state index in [2.05, 4.69) is 31.3 Å². The number of nitrogens with zero attached hydrogens (tertiary/aromatic N) is 5. The predicted octanol–water partition coefficient (Wildman–Crippen LogP) is 8.30. The molecule has 1 atom stereocenters. The Morgan fingerprint density at radius 3 is 2.40 bits per heavy atom. The number of halogens is 2. The molecule has 4 heterocycles. The lowest BCUT2D eigenvalue weighted by Gasteiger charge is -2.13. The van der Waals surface area contributed by atoms with E-state index >= 15 is 8.78 Å². The van der Waals surface area contributed by atoms with Gasteiger partial charge in [0.25, 0.3) is 15.9 Å². The van der Waals surface area contributed by atoms with Gasteiger partial charge in [0.05, 0.1) is 46.5 Å². The van der Waals surface area contributed by atoms with Gasteiger partial charge in [-0.1, -0.05) is 49.4 Å². The normalized spacial score (nSPS) is 13.5. The number of carbonyl (C=O) groups excluding carboxylic acids is 2. The number of hydrogen-bond acceptors (Lipinski definition) is 10. The molecule has 8 rings (SSSR count). The van der Waals surface area contributed by atoms with Crippen LogP contribution in [-0.4, -0.2) is 52.9 Å². The predicted molar refractivity (Wildman–Crippen MR) is 231 cm³/mol. The van der Waals surface area contributed by atoms with E-state index in [-0.39, 0.29) is 29.1 Å². The number of aromatic amines is 1. The number of sulfonamides is 1. The van der Waals surface area contributed by atoms with Crippen molar-refractivity contribution < 1.29 is 31.5 Å². The molecule has 62 heavy (non-hydrogen) atoms. The highest BCUT2D eigenvalue weighted by atomic mass is 32.2. The number of anilines is 1. The van der Waals surface area contributed by atoms with Crippen molar-refractivity contribution in [3.05, 3.63) is 146 Å². The van der Waals surface area contributed by atoms with Crippen molar-refractivity contribution in [2.45, 2.75) is 58.0 Å². The first-order chi connectivity index (χ1) is 29.7. The molecule has 0 spiro atoms. The lowest BCUT2D eigenvalue weighted by Crippen LogP contribution is -2.24. The van der Waals surface area contributed by atoms with Gasteiger partial charge in [-0.2, -0.15) is 5.26 Å². The number of ether oxygens (including phenoxy) is 1. The molecule has 0 bridgehead atoms. The van der Waals surface area contributed by atoms with Crippen LogP contribution in [0, 0.1) is 43.7 Å². The third-order valence-electron chi connectivity index (χ3n) is 11.0. The monoisotopic (exact) mass is 872 g/mol. The smallest absolute Gasteiger partial charge is 0.308 e. The van der Waals surface area contributed by atoms with Crippen LogP contribution in [-0.2, 0) is 32.5 Å². The molecule has 1 aliphatic heterocycles. The second-order valence-electron chi connectivity index (χ2n) is 14.7. The average molecular weight is 873 g/mol. The number of aromatic nitrogens is 4. The number of rotatable bonds is 11. The fraction of sp³-hybridized carbons (Fsp3) is 0.200. The zero-order valence-electron chi connectivity index (χ0n) is 34.1. The van der Waals surface area contributed by atoms with E-state index in [0.717, 1.165) is 38.7 Å². The molecular weight excluding hydrogens is 835 g/mol. The Labute approximate surface area is 359 Å². The van der Waals surface area contributed by atoms with Crippen molar-refractivity contribution in [2.24, 2.45) is 4.99 Å². The molecule has 0 aliphatic carbocycles. The van der Waals surface area contributed by atoms with Crippen molar-refractivity contribution in [2.75, 3.05) is 11.8 Å². The number of nitriles is 1. The highest BCUT2D eigenvalue weighted by molar-refractivity contribution is 7.92. The minimum absolute atomic E-state index is 0.0455. The first-order valence-corrected chi connectivity index (χ1v) is 21.7. The van der Waals surface area contributed by atoms with Gasteiger partial charge in [-0.25, -0.2) is 17.2 Å². The van der Waals surface area contributed by atoms with Gasteiger partial charge in [-0.3, -0.25) is 23.9 Å². The third-order valence-corrected chi connectivity index (χ3v) is 13.5. The van der Waals surface area contributed by atoms with Crippen molar-refractivity contribution in [1.82, 2.24) is 25.1 Å². The van der Waals surface area contributed by atoms with Crippen LogP contribution in [0.15, 0.2) is 88.9 Å². The molecule has 0 unspecified atom stereocenters. The van der Waals surface area contributed by atoms with Crippen LogP contribution < -0.4 is 10.0 Å². The number of aliphatic imine (C=N–C) groups is 1. The van der Waals surface area contributed by atoms with Crippen molar-refractivity contribution in [3.63, 3.8) is 0 Å². The minimum Gasteiger partial charge on any atom is -0.469 e. The van der Waals surface area contributed by atoms with E-state index in [1.54, 1.807) is 47.7 Å². The molecule has 314 valence electrons. The topological polar surface area (TPSA) is 184 Å². The van der Waals surface area contributed by atoms with Gasteiger partial charge >= 0.3 is 5.97 Å². The highest BCUT2D eigenvalue weighted by Crippen LogP contribution is 2.40. The number of thiophene rings is 1. The summed E-state index contributed by atoms with van der Waals surface area (Å²) in [5.74, 6) is -1.94. The molecular formula is C45H38F2N8O5S2. The second kappa shape index (κ2) is 16.4. The van der Waals surface area contributed by atoms with Crippen LogP contribution in [0.4, 0.5) is 14.5 Å². The molecule has 3 aromatic heterocycles. The summed E-state index contributed by atoms with van der Waals surface area (Å²) in [5, 5.41) is 22.3. The Balaban J connectivity index is 0.980. The van der Waals surface area contributed by atoms with E-state index in [0.29, 0.717) is 56.9 Å². The van der Waals surface area contributed by atoms with Crippen LogP contribution >= 0.6 is 11.3 Å². The first kappa shape index (κ1) is 41.7. The number of amides is 1. The van der Waals surface area contributed by atoms with E-state index in [9.17, 15) is 23.3 Å². The summed E-state index contributed by atoms with van der Waals surface area (Å²) in [6.07, 6.45) is 2.12. The fourth-order valence-corrected chi connectivity index (χ4v) is 9.86. The third kappa shape index (κ3) is 7.52. The Morgan fingerprint density at radius 1 is 0.984 bits per heavy atom. The van der Waals surface area contributed by atoms with E-state index < -0.39 is 45.1 Å². The summed E-state index contributed by atoms with van der Waals surface area (Å²) in [7, 11) is -2.74. The lowest BCUT2D eigenvalue weighted by molar-refractivity contribution is -0.141. The number of methoxy groups -OCH3 is 1. The van der Waals surface area contributed by atoms with Gasteiger partial charge in [0.2, 0.25) is 0 Å². The maximum absolute atomic E-state index is 15.7. The van der Waals surface area contributed by atoms with Crippen LogP contribution in [0.5, 0.6) is 0 Å². The molecule has 3 N–H and O–H groups in total. The number of aryl methyl sites for hydroxylation is 3. The Morgan fingerprint density at radius 2 is 1.71 bits per heavy atom. The number of carbonyl (C=O) groups is 2. The highest BCUT2D eigenvalue weighted by Gasteiger charge is 2.33. The summed E-state index contributed by atoms with van der Waals surface area (Å²) in [4.78, 5) is 34.7. The molecule has 17 heteroatoms. The van der Waals surface area contributed by atoms with Gasteiger partial charge in [0.1, 0.15) is 34.6 Å². The maximum atomic E-state index is 15.7.